The van der Waals surface area contributed by atoms with Gasteiger partial charge in [0, 0.05) is 19.7 Å². The highest BCUT2D eigenvalue weighted by Gasteiger charge is 2.09. The Hall–Kier alpha value is -1.05. The second kappa shape index (κ2) is 4.85. The molecule has 0 saturated carbocycles. The zero-order valence-corrected chi connectivity index (χ0v) is 9.43. The summed E-state index contributed by atoms with van der Waals surface area (Å²) in [6.45, 7) is 7.89. The Morgan fingerprint density at radius 2 is 1.54 bits per heavy atom. The summed E-state index contributed by atoms with van der Waals surface area (Å²) < 4.78 is 0. The highest BCUT2D eigenvalue weighted by atomic mass is 16.2. The van der Waals surface area contributed by atoms with Crippen LogP contribution in [0.1, 0.15) is 27.7 Å². The van der Waals surface area contributed by atoms with Crippen molar-refractivity contribution in [1.29, 1.82) is 0 Å². The summed E-state index contributed by atoms with van der Waals surface area (Å²) in [6.07, 6.45) is 1.93. The lowest BCUT2D eigenvalue weighted by molar-refractivity contribution is -0.124. The van der Waals surface area contributed by atoms with Gasteiger partial charge in [-0.05, 0) is 27.7 Å². The normalized spacial score (nSPS) is 9.08. The van der Waals surface area contributed by atoms with Gasteiger partial charge in [0.1, 0.15) is 0 Å². The molecule has 0 atom stereocenters. The second-order valence-electron chi connectivity index (χ2n) is 3.83. The van der Waals surface area contributed by atoms with Crippen molar-refractivity contribution in [2.45, 2.75) is 27.7 Å². The van der Waals surface area contributed by atoms with Crippen LogP contribution in [0.15, 0.2) is 22.8 Å². The van der Waals surface area contributed by atoms with Crippen LogP contribution in [0.4, 0.5) is 0 Å². The number of nitrogens with zero attached hydrogens (tertiary/aromatic N) is 1. The number of likely N-dealkylation sites (N-methyl/N-ethyl adjacent to an activating group) is 1. The third kappa shape index (κ3) is 3.92. The van der Waals surface area contributed by atoms with Gasteiger partial charge in [0.25, 0.3) is 5.91 Å². The zero-order chi connectivity index (χ0) is 10.6. The molecular formula is C11H19NO. The van der Waals surface area contributed by atoms with E-state index in [4.69, 9.17) is 0 Å². The van der Waals surface area contributed by atoms with Gasteiger partial charge in [-0.25, -0.2) is 0 Å². The second-order valence-corrected chi connectivity index (χ2v) is 3.83. The first-order chi connectivity index (χ1) is 5.86. The maximum absolute atomic E-state index is 11.6. The summed E-state index contributed by atoms with van der Waals surface area (Å²) in [5, 5.41) is 0. The number of allylic oxidation sites excluding steroid dienone is 2. The highest BCUT2D eigenvalue weighted by molar-refractivity contribution is 5.96. The molecule has 0 bridgehead atoms. The van der Waals surface area contributed by atoms with Crippen molar-refractivity contribution in [3.63, 3.8) is 0 Å². The first-order valence-electron chi connectivity index (χ1n) is 4.40. The Morgan fingerprint density at radius 3 is 1.77 bits per heavy atom. The molecule has 0 aromatic heterocycles. The Labute approximate surface area is 80.9 Å². The van der Waals surface area contributed by atoms with Crippen LogP contribution in [0.2, 0.25) is 0 Å². The van der Waals surface area contributed by atoms with Crippen LogP contribution in [0.5, 0.6) is 0 Å². The fourth-order valence-corrected chi connectivity index (χ4v) is 0.950. The first kappa shape index (κ1) is 11.9. The maximum atomic E-state index is 11.6. The van der Waals surface area contributed by atoms with Crippen LogP contribution in [0.3, 0.4) is 0 Å². The van der Waals surface area contributed by atoms with Crippen LogP contribution < -0.4 is 0 Å². The van der Waals surface area contributed by atoms with Crippen LogP contribution in [-0.2, 0) is 4.79 Å². The van der Waals surface area contributed by atoms with Crippen LogP contribution in [0, 0.1) is 0 Å². The zero-order valence-electron chi connectivity index (χ0n) is 9.43. The van der Waals surface area contributed by atoms with Gasteiger partial charge >= 0.3 is 0 Å². The number of carbonyl (C=O) groups is 1. The van der Waals surface area contributed by atoms with Crippen molar-refractivity contribution in [1.82, 2.24) is 4.90 Å². The topological polar surface area (TPSA) is 20.3 Å². The van der Waals surface area contributed by atoms with Gasteiger partial charge in [0.2, 0.25) is 0 Å². The van der Waals surface area contributed by atoms with E-state index in [1.54, 1.807) is 19.0 Å². The third-order valence-corrected chi connectivity index (χ3v) is 1.61. The monoisotopic (exact) mass is 181 g/mol. The molecule has 0 unspecified atom stereocenters. The molecule has 0 aromatic rings. The van der Waals surface area contributed by atoms with Gasteiger partial charge in [-0.3, -0.25) is 4.79 Å². The summed E-state index contributed by atoms with van der Waals surface area (Å²) in [5.41, 5.74) is 3.00. The lowest BCUT2D eigenvalue weighted by Crippen LogP contribution is -2.23. The third-order valence-electron chi connectivity index (χ3n) is 1.61. The van der Waals surface area contributed by atoms with Gasteiger partial charge in [0.15, 0.2) is 0 Å². The van der Waals surface area contributed by atoms with Crippen LogP contribution >= 0.6 is 0 Å². The number of hydrogen-bond acceptors (Lipinski definition) is 1. The maximum Gasteiger partial charge on any atom is 0.253 e. The molecule has 0 heterocycles. The molecule has 2 heteroatoms. The molecule has 0 aromatic carbocycles. The van der Waals surface area contributed by atoms with E-state index in [-0.39, 0.29) is 5.91 Å². The van der Waals surface area contributed by atoms with E-state index in [0.717, 1.165) is 16.7 Å². The minimum Gasteiger partial charge on any atom is -0.345 e. The van der Waals surface area contributed by atoms with Crippen LogP contribution in [0.25, 0.3) is 0 Å². The van der Waals surface area contributed by atoms with Crippen molar-refractivity contribution in [3.05, 3.63) is 22.8 Å². The summed E-state index contributed by atoms with van der Waals surface area (Å²) in [6, 6.07) is 0. The van der Waals surface area contributed by atoms with Crippen molar-refractivity contribution < 1.29 is 4.79 Å². The summed E-state index contributed by atoms with van der Waals surface area (Å²) in [7, 11) is 3.54. The molecule has 74 valence electrons. The van der Waals surface area contributed by atoms with Crippen LogP contribution in [-0.4, -0.2) is 24.9 Å². The molecule has 2 nitrogen and oxygen atoms in total. The fraction of sp³-hybridized carbons (Fsp3) is 0.545. The lowest BCUT2D eigenvalue weighted by atomic mass is 10.1. The predicted octanol–water partition coefficient (Wildman–Crippen LogP) is 2.38. The van der Waals surface area contributed by atoms with Crippen molar-refractivity contribution in [2.24, 2.45) is 0 Å². The van der Waals surface area contributed by atoms with E-state index in [1.807, 2.05) is 33.8 Å². The molecule has 0 rings (SSSR count). The molecule has 0 saturated heterocycles. The van der Waals surface area contributed by atoms with Crippen molar-refractivity contribution in [3.8, 4) is 0 Å². The molecule has 1 amide bonds. The Morgan fingerprint density at radius 1 is 1.08 bits per heavy atom. The van der Waals surface area contributed by atoms with Gasteiger partial charge < -0.3 is 4.90 Å². The number of amides is 1. The standard InChI is InChI=1S/C11H19NO/c1-8(2)7-10(9(3)4)11(13)12(5)6/h7H,1-6H3. The molecule has 0 radical (unpaired) electrons. The molecule has 0 aliphatic heterocycles. The molecule has 13 heavy (non-hydrogen) atoms. The number of carbonyl (C=O) groups excluding carboxylic acids is 1. The van der Waals surface area contributed by atoms with E-state index < -0.39 is 0 Å². The van der Waals surface area contributed by atoms with E-state index in [9.17, 15) is 4.79 Å². The van der Waals surface area contributed by atoms with E-state index in [1.165, 1.54) is 0 Å². The Kier molecular flexibility index (Phi) is 4.46. The van der Waals surface area contributed by atoms with E-state index >= 15 is 0 Å². The van der Waals surface area contributed by atoms with Crippen molar-refractivity contribution in [2.75, 3.05) is 14.1 Å². The number of rotatable bonds is 2. The van der Waals surface area contributed by atoms with Crippen molar-refractivity contribution >= 4 is 5.91 Å². The SMILES string of the molecule is CC(C)=CC(C(=O)N(C)C)=C(C)C. The number of hydrogen-bond donors (Lipinski definition) is 0. The Balaban J connectivity index is 4.98. The minimum atomic E-state index is 0.0706. The Bertz CT molecular complexity index is 251. The van der Waals surface area contributed by atoms with Gasteiger partial charge in [-0.2, -0.15) is 0 Å². The molecular weight excluding hydrogens is 162 g/mol. The van der Waals surface area contributed by atoms with Gasteiger partial charge in [-0.1, -0.05) is 17.2 Å². The molecule has 0 N–H and O–H groups in total. The van der Waals surface area contributed by atoms with E-state index in [2.05, 4.69) is 0 Å². The first-order valence-corrected chi connectivity index (χ1v) is 4.40. The average Bonchev–Trinajstić information content (AvgIpc) is 1.97. The fourth-order valence-electron chi connectivity index (χ4n) is 0.950. The molecule has 0 aliphatic carbocycles. The lowest BCUT2D eigenvalue weighted by Gasteiger charge is -2.12. The predicted molar refractivity (Wildman–Crippen MR) is 56.5 cm³/mol. The van der Waals surface area contributed by atoms with Gasteiger partial charge in [0.05, 0.1) is 0 Å². The summed E-state index contributed by atoms with van der Waals surface area (Å²) >= 11 is 0. The molecule has 0 spiro atoms. The highest BCUT2D eigenvalue weighted by Crippen LogP contribution is 2.10. The largest absolute Gasteiger partial charge is 0.345 e. The molecule has 0 aliphatic rings. The quantitative estimate of drug-likeness (QED) is 0.473. The summed E-state index contributed by atoms with van der Waals surface area (Å²) in [4.78, 5) is 13.2. The molecule has 0 fully saturated rings. The van der Waals surface area contributed by atoms with Gasteiger partial charge in [-0.15, -0.1) is 0 Å². The minimum absolute atomic E-state index is 0.0706. The average molecular weight is 181 g/mol. The van der Waals surface area contributed by atoms with E-state index in [0.29, 0.717) is 0 Å². The summed E-state index contributed by atoms with van der Waals surface area (Å²) in [5.74, 6) is 0.0706. The smallest absolute Gasteiger partial charge is 0.253 e.